The van der Waals surface area contributed by atoms with Gasteiger partial charge in [-0.15, -0.1) is 0 Å². The molecular weight excluding hydrogens is 380 g/mol. The molecule has 0 aliphatic carbocycles. The van der Waals surface area contributed by atoms with Crippen LogP contribution < -0.4 is 16.0 Å². The van der Waals surface area contributed by atoms with Crippen LogP contribution in [0.15, 0.2) is 28.1 Å². The van der Waals surface area contributed by atoms with Gasteiger partial charge in [0.1, 0.15) is 5.60 Å². The number of amides is 1. The molecule has 0 radical (unpaired) electrons. The highest BCUT2D eigenvalue weighted by atomic mass is 32.2. The highest BCUT2D eigenvalue weighted by Crippen LogP contribution is 2.17. The fourth-order valence-electron chi connectivity index (χ4n) is 2.40. The second kappa shape index (κ2) is 10.3. The van der Waals surface area contributed by atoms with E-state index in [9.17, 15) is 13.2 Å². The van der Waals surface area contributed by atoms with E-state index in [1.54, 1.807) is 19.1 Å². The number of nitrogens with zero attached hydrogens (tertiary/aromatic N) is 1. The molecular formula is C19H32N4O4S. The molecule has 28 heavy (non-hydrogen) atoms. The van der Waals surface area contributed by atoms with Crippen LogP contribution in [0.2, 0.25) is 0 Å². The second-order valence-electron chi connectivity index (χ2n) is 7.42. The molecule has 1 rings (SSSR count). The van der Waals surface area contributed by atoms with E-state index in [4.69, 9.17) is 4.74 Å². The molecule has 0 aromatic heterocycles. The number of aliphatic imine (C=N–C) groups is 1. The zero-order valence-electron chi connectivity index (χ0n) is 17.5. The van der Waals surface area contributed by atoms with Gasteiger partial charge in [0.25, 0.3) is 0 Å². The molecule has 0 aliphatic heterocycles. The fraction of sp³-hybridized carbons (Fsp3) is 0.579. The SMILES string of the molecule is CCNC(=NCc1ccc(S(C)(=O)=O)c(C)c1)NCCNC(=O)OC(C)(C)C. The maximum Gasteiger partial charge on any atom is 0.407 e. The molecule has 0 bridgehead atoms. The Morgan fingerprint density at radius 2 is 1.79 bits per heavy atom. The predicted molar refractivity (Wildman–Crippen MR) is 111 cm³/mol. The first-order valence-corrected chi connectivity index (χ1v) is 11.1. The first-order chi connectivity index (χ1) is 12.9. The van der Waals surface area contributed by atoms with Crippen LogP contribution in [0.4, 0.5) is 4.79 Å². The van der Waals surface area contributed by atoms with Crippen LogP contribution in [0.25, 0.3) is 0 Å². The topological polar surface area (TPSA) is 109 Å². The third-order valence-corrected chi connectivity index (χ3v) is 4.75. The average Bonchev–Trinajstić information content (AvgIpc) is 2.53. The van der Waals surface area contributed by atoms with Gasteiger partial charge in [0.15, 0.2) is 15.8 Å². The molecule has 0 spiro atoms. The van der Waals surface area contributed by atoms with E-state index in [2.05, 4.69) is 20.9 Å². The van der Waals surface area contributed by atoms with E-state index in [1.165, 1.54) is 6.26 Å². The molecule has 0 unspecified atom stereocenters. The van der Waals surface area contributed by atoms with Gasteiger partial charge < -0.3 is 20.7 Å². The minimum absolute atomic E-state index is 0.332. The van der Waals surface area contributed by atoms with Crippen molar-refractivity contribution >= 4 is 21.9 Å². The van der Waals surface area contributed by atoms with Crippen molar-refractivity contribution in [1.29, 1.82) is 0 Å². The molecule has 1 aromatic rings. The van der Waals surface area contributed by atoms with Crippen LogP contribution in [0.5, 0.6) is 0 Å². The van der Waals surface area contributed by atoms with Crippen molar-refractivity contribution in [3.05, 3.63) is 29.3 Å². The summed E-state index contributed by atoms with van der Waals surface area (Å²) >= 11 is 0. The van der Waals surface area contributed by atoms with Crippen molar-refractivity contribution in [3.8, 4) is 0 Å². The minimum Gasteiger partial charge on any atom is -0.444 e. The van der Waals surface area contributed by atoms with E-state index >= 15 is 0 Å². The van der Waals surface area contributed by atoms with Crippen molar-refractivity contribution in [2.75, 3.05) is 25.9 Å². The molecule has 3 N–H and O–H groups in total. The second-order valence-corrected chi connectivity index (χ2v) is 9.41. The Kier molecular flexibility index (Phi) is 8.74. The van der Waals surface area contributed by atoms with E-state index in [0.717, 1.165) is 5.56 Å². The Labute approximate surface area is 168 Å². The van der Waals surface area contributed by atoms with E-state index in [1.807, 2.05) is 33.8 Å². The molecule has 0 aliphatic rings. The summed E-state index contributed by atoms with van der Waals surface area (Å²) in [5, 5.41) is 8.94. The zero-order chi connectivity index (χ0) is 21.4. The number of carbonyl (C=O) groups is 1. The predicted octanol–water partition coefficient (Wildman–Crippen LogP) is 1.98. The lowest BCUT2D eigenvalue weighted by Crippen LogP contribution is -2.42. The number of nitrogens with one attached hydrogen (secondary N) is 3. The van der Waals surface area contributed by atoms with Crippen LogP contribution >= 0.6 is 0 Å². The number of aryl methyl sites for hydroxylation is 1. The minimum atomic E-state index is -3.23. The number of hydrogen-bond acceptors (Lipinski definition) is 5. The molecule has 0 saturated carbocycles. The van der Waals surface area contributed by atoms with Gasteiger partial charge in [0.05, 0.1) is 11.4 Å². The Morgan fingerprint density at radius 1 is 1.14 bits per heavy atom. The first kappa shape index (κ1) is 23.7. The average molecular weight is 413 g/mol. The molecule has 1 aromatic carbocycles. The maximum absolute atomic E-state index is 11.7. The van der Waals surface area contributed by atoms with Crippen LogP contribution in [0, 0.1) is 6.92 Å². The van der Waals surface area contributed by atoms with Crippen LogP contribution in [0.3, 0.4) is 0 Å². The number of hydrogen-bond donors (Lipinski definition) is 3. The van der Waals surface area contributed by atoms with Crippen LogP contribution in [-0.2, 0) is 21.1 Å². The van der Waals surface area contributed by atoms with Gasteiger partial charge in [-0.05, 0) is 51.8 Å². The molecule has 0 heterocycles. The normalized spacial score (nSPS) is 12.4. The number of carbonyl (C=O) groups excluding carboxylic acids is 1. The lowest BCUT2D eigenvalue weighted by atomic mass is 10.1. The summed E-state index contributed by atoms with van der Waals surface area (Å²) in [5.74, 6) is 0.610. The molecule has 0 saturated heterocycles. The number of rotatable bonds is 7. The Morgan fingerprint density at radius 3 is 2.32 bits per heavy atom. The largest absolute Gasteiger partial charge is 0.444 e. The standard InChI is InChI=1S/C19H32N4O4S/c1-7-20-17(21-10-11-22-18(24)27-19(3,4)5)23-13-15-8-9-16(14(2)12-15)28(6,25)26/h8-9,12H,7,10-11,13H2,1-6H3,(H,22,24)(H2,20,21,23). The van der Waals surface area contributed by atoms with Gasteiger partial charge in [-0.2, -0.15) is 0 Å². The third-order valence-electron chi connectivity index (χ3n) is 3.49. The van der Waals surface area contributed by atoms with Gasteiger partial charge in [-0.1, -0.05) is 12.1 Å². The summed E-state index contributed by atoms with van der Waals surface area (Å²) in [6, 6.07) is 5.20. The van der Waals surface area contributed by atoms with Crippen LogP contribution in [0.1, 0.15) is 38.8 Å². The summed E-state index contributed by atoms with van der Waals surface area (Å²) in [6.07, 6.45) is 0.740. The molecule has 9 heteroatoms. The van der Waals surface area contributed by atoms with E-state index < -0.39 is 21.5 Å². The first-order valence-electron chi connectivity index (χ1n) is 9.21. The smallest absolute Gasteiger partial charge is 0.407 e. The van der Waals surface area contributed by atoms with Gasteiger partial charge in [-0.3, -0.25) is 0 Å². The summed E-state index contributed by atoms with van der Waals surface area (Å²) in [7, 11) is -3.23. The fourth-order valence-corrected chi connectivity index (χ4v) is 3.36. The summed E-state index contributed by atoms with van der Waals surface area (Å²) in [4.78, 5) is 16.4. The number of ether oxygens (including phenoxy) is 1. The molecule has 0 fully saturated rings. The van der Waals surface area contributed by atoms with E-state index in [-0.39, 0.29) is 0 Å². The number of sulfone groups is 1. The monoisotopic (exact) mass is 412 g/mol. The highest BCUT2D eigenvalue weighted by Gasteiger charge is 2.15. The Hall–Kier alpha value is -2.29. The van der Waals surface area contributed by atoms with Crippen molar-refractivity contribution in [2.45, 2.75) is 51.7 Å². The van der Waals surface area contributed by atoms with Gasteiger partial charge in [0, 0.05) is 25.9 Å². The summed E-state index contributed by atoms with van der Waals surface area (Å²) < 4.78 is 28.6. The van der Waals surface area contributed by atoms with Crippen molar-refractivity contribution in [2.24, 2.45) is 4.99 Å². The van der Waals surface area contributed by atoms with Crippen molar-refractivity contribution in [3.63, 3.8) is 0 Å². The lowest BCUT2D eigenvalue weighted by Gasteiger charge is -2.19. The number of guanidine groups is 1. The Balaban J connectivity index is 2.60. The summed E-state index contributed by atoms with van der Waals surface area (Å²) in [6.45, 7) is 11.1. The zero-order valence-corrected chi connectivity index (χ0v) is 18.4. The van der Waals surface area contributed by atoms with Crippen LogP contribution in [-0.4, -0.2) is 52.0 Å². The van der Waals surface area contributed by atoms with Crippen molar-refractivity contribution < 1.29 is 17.9 Å². The number of benzene rings is 1. The van der Waals surface area contributed by atoms with Crippen molar-refractivity contribution in [1.82, 2.24) is 16.0 Å². The Bertz CT molecular complexity index is 799. The molecule has 1 amide bonds. The third kappa shape index (κ3) is 9.07. The van der Waals surface area contributed by atoms with E-state index in [0.29, 0.717) is 42.6 Å². The summed E-state index contributed by atoms with van der Waals surface area (Å²) in [5.41, 5.74) is 1.09. The lowest BCUT2D eigenvalue weighted by molar-refractivity contribution is 0.0529. The highest BCUT2D eigenvalue weighted by molar-refractivity contribution is 7.90. The quantitative estimate of drug-likeness (QED) is 0.359. The van der Waals surface area contributed by atoms with Gasteiger partial charge >= 0.3 is 6.09 Å². The number of alkyl carbamates (subject to hydrolysis) is 1. The molecule has 8 nitrogen and oxygen atoms in total. The molecule has 0 atom stereocenters. The molecule has 158 valence electrons. The van der Waals surface area contributed by atoms with Gasteiger partial charge in [0.2, 0.25) is 0 Å². The van der Waals surface area contributed by atoms with Gasteiger partial charge in [-0.25, -0.2) is 18.2 Å². The maximum atomic E-state index is 11.7.